The lowest BCUT2D eigenvalue weighted by Gasteiger charge is -2.10. The maximum atomic E-state index is 12.2. The zero-order valence-electron chi connectivity index (χ0n) is 13.3. The van der Waals surface area contributed by atoms with Crippen molar-refractivity contribution in [2.75, 3.05) is 25.5 Å². The molecule has 2 rings (SSSR count). The summed E-state index contributed by atoms with van der Waals surface area (Å²) in [6, 6.07) is 8.38. The van der Waals surface area contributed by atoms with Crippen LogP contribution >= 0.6 is 0 Å². The van der Waals surface area contributed by atoms with E-state index in [0.717, 1.165) is 11.3 Å². The average molecular weight is 336 g/mol. The highest BCUT2D eigenvalue weighted by atomic mass is 32.2. The molecule has 1 aromatic heterocycles. The van der Waals surface area contributed by atoms with Crippen LogP contribution in [0.5, 0.6) is 5.75 Å². The van der Waals surface area contributed by atoms with Crippen molar-refractivity contribution < 1.29 is 13.2 Å². The van der Waals surface area contributed by atoms with Crippen LogP contribution in [-0.2, 0) is 10.0 Å². The lowest BCUT2D eigenvalue weighted by atomic mass is 10.2. The standard InChI is InChI=1S/C15H20N4O3S/c1-11-10-13(5-6-14(11)22-3)23(20,21)17-9-8-16-15-7-4-12(2)18-19-15/h4-7,10,17H,8-9H2,1-3H3,(H,16,19). The molecule has 7 nitrogen and oxygen atoms in total. The Morgan fingerprint density at radius 1 is 1.09 bits per heavy atom. The van der Waals surface area contributed by atoms with Gasteiger partial charge < -0.3 is 10.1 Å². The minimum Gasteiger partial charge on any atom is -0.496 e. The Labute approximate surface area is 136 Å². The summed E-state index contributed by atoms with van der Waals surface area (Å²) >= 11 is 0. The van der Waals surface area contributed by atoms with Crippen molar-refractivity contribution in [1.82, 2.24) is 14.9 Å². The summed E-state index contributed by atoms with van der Waals surface area (Å²) in [5.74, 6) is 1.26. The van der Waals surface area contributed by atoms with Gasteiger partial charge in [-0.15, -0.1) is 5.10 Å². The maximum Gasteiger partial charge on any atom is 0.240 e. The van der Waals surface area contributed by atoms with Crippen LogP contribution in [0.1, 0.15) is 11.3 Å². The van der Waals surface area contributed by atoms with Crippen molar-refractivity contribution in [3.63, 3.8) is 0 Å². The number of methoxy groups -OCH3 is 1. The fraction of sp³-hybridized carbons (Fsp3) is 0.333. The van der Waals surface area contributed by atoms with E-state index in [0.29, 0.717) is 18.1 Å². The molecule has 0 aliphatic carbocycles. The molecule has 0 unspecified atom stereocenters. The quantitative estimate of drug-likeness (QED) is 0.744. The van der Waals surface area contributed by atoms with Crippen molar-refractivity contribution in [2.45, 2.75) is 18.7 Å². The van der Waals surface area contributed by atoms with Gasteiger partial charge in [0.15, 0.2) is 0 Å². The number of sulfonamides is 1. The van der Waals surface area contributed by atoms with Gasteiger partial charge in [0.25, 0.3) is 0 Å². The Morgan fingerprint density at radius 2 is 1.87 bits per heavy atom. The molecule has 0 spiro atoms. The number of anilines is 1. The van der Waals surface area contributed by atoms with Crippen LogP contribution in [0.2, 0.25) is 0 Å². The Bertz CT molecular complexity index is 761. The molecule has 0 fully saturated rings. The normalized spacial score (nSPS) is 11.3. The molecule has 124 valence electrons. The predicted molar refractivity (Wildman–Crippen MR) is 88.2 cm³/mol. The van der Waals surface area contributed by atoms with Gasteiger partial charge in [-0.2, -0.15) is 5.10 Å². The van der Waals surface area contributed by atoms with Gasteiger partial charge in [0.2, 0.25) is 10.0 Å². The lowest BCUT2D eigenvalue weighted by molar-refractivity contribution is 0.411. The number of hydrogen-bond donors (Lipinski definition) is 2. The molecule has 0 saturated carbocycles. The van der Waals surface area contributed by atoms with Gasteiger partial charge in [-0.3, -0.25) is 0 Å². The van der Waals surface area contributed by atoms with Crippen LogP contribution in [0.25, 0.3) is 0 Å². The van der Waals surface area contributed by atoms with Crippen LogP contribution in [-0.4, -0.2) is 38.8 Å². The van der Waals surface area contributed by atoms with Crippen LogP contribution < -0.4 is 14.8 Å². The van der Waals surface area contributed by atoms with E-state index < -0.39 is 10.0 Å². The van der Waals surface area contributed by atoms with Crippen LogP contribution in [0.3, 0.4) is 0 Å². The summed E-state index contributed by atoms with van der Waals surface area (Å²) in [7, 11) is -2.00. The summed E-state index contributed by atoms with van der Waals surface area (Å²) in [4.78, 5) is 0.214. The third-order valence-corrected chi connectivity index (χ3v) is 4.66. The molecule has 0 bridgehead atoms. The second-order valence-electron chi connectivity index (χ2n) is 5.02. The average Bonchev–Trinajstić information content (AvgIpc) is 2.53. The van der Waals surface area contributed by atoms with E-state index in [1.54, 1.807) is 32.2 Å². The zero-order valence-corrected chi connectivity index (χ0v) is 14.1. The first kappa shape index (κ1) is 17.2. The smallest absolute Gasteiger partial charge is 0.240 e. The van der Waals surface area contributed by atoms with Crippen LogP contribution in [0.4, 0.5) is 5.82 Å². The van der Waals surface area contributed by atoms with Crippen molar-refractivity contribution in [3.8, 4) is 5.75 Å². The highest BCUT2D eigenvalue weighted by Crippen LogP contribution is 2.21. The van der Waals surface area contributed by atoms with Crippen molar-refractivity contribution in [2.24, 2.45) is 0 Å². The van der Waals surface area contributed by atoms with Gasteiger partial charge in [-0.1, -0.05) is 0 Å². The number of aryl methyl sites for hydroxylation is 2. The van der Waals surface area contributed by atoms with E-state index >= 15 is 0 Å². The molecule has 2 N–H and O–H groups in total. The highest BCUT2D eigenvalue weighted by Gasteiger charge is 2.14. The second-order valence-corrected chi connectivity index (χ2v) is 6.78. The molecule has 0 amide bonds. The van der Waals surface area contributed by atoms with Gasteiger partial charge in [0.05, 0.1) is 17.7 Å². The molecule has 2 aromatic rings. The number of ether oxygens (including phenoxy) is 1. The third kappa shape index (κ3) is 4.64. The van der Waals surface area contributed by atoms with Gasteiger partial charge >= 0.3 is 0 Å². The maximum absolute atomic E-state index is 12.2. The Kier molecular flexibility index (Phi) is 5.51. The molecule has 0 aliphatic heterocycles. The molecular weight excluding hydrogens is 316 g/mol. The Balaban J connectivity index is 1.91. The van der Waals surface area contributed by atoms with Crippen LogP contribution in [0, 0.1) is 13.8 Å². The molecule has 23 heavy (non-hydrogen) atoms. The fourth-order valence-corrected chi connectivity index (χ4v) is 3.09. The molecule has 0 aliphatic rings. The summed E-state index contributed by atoms with van der Waals surface area (Å²) in [6.07, 6.45) is 0. The van der Waals surface area contributed by atoms with E-state index in [1.165, 1.54) is 6.07 Å². The van der Waals surface area contributed by atoms with Crippen LogP contribution in [0.15, 0.2) is 35.2 Å². The number of aromatic nitrogens is 2. The molecule has 0 saturated heterocycles. The molecule has 1 aromatic carbocycles. The monoisotopic (exact) mass is 336 g/mol. The minimum absolute atomic E-state index is 0.214. The summed E-state index contributed by atoms with van der Waals surface area (Å²) in [6.45, 7) is 4.30. The number of hydrogen-bond acceptors (Lipinski definition) is 6. The van der Waals surface area contributed by atoms with Crippen molar-refractivity contribution in [1.29, 1.82) is 0 Å². The van der Waals surface area contributed by atoms with E-state index in [-0.39, 0.29) is 11.4 Å². The Hall–Kier alpha value is -2.19. The highest BCUT2D eigenvalue weighted by molar-refractivity contribution is 7.89. The fourth-order valence-electron chi connectivity index (χ4n) is 1.97. The first-order chi connectivity index (χ1) is 10.9. The van der Waals surface area contributed by atoms with Gasteiger partial charge in [-0.25, -0.2) is 13.1 Å². The SMILES string of the molecule is COc1ccc(S(=O)(=O)NCCNc2ccc(C)nn2)cc1C. The lowest BCUT2D eigenvalue weighted by Crippen LogP contribution is -2.29. The minimum atomic E-state index is -3.55. The molecule has 0 atom stereocenters. The number of rotatable bonds is 7. The zero-order chi connectivity index (χ0) is 16.9. The van der Waals surface area contributed by atoms with E-state index in [2.05, 4.69) is 20.2 Å². The van der Waals surface area contributed by atoms with E-state index in [9.17, 15) is 8.42 Å². The molecule has 1 heterocycles. The first-order valence-electron chi connectivity index (χ1n) is 7.11. The summed E-state index contributed by atoms with van der Waals surface area (Å²) in [5.41, 5.74) is 1.59. The second kappa shape index (κ2) is 7.38. The van der Waals surface area contributed by atoms with Gasteiger partial charge in [0.1, 0.15) is 11.6 Å². The number of nitrogens with zero attached hydrogens (tertiary/aromatic N) is 2. The van der Waals surface area contributed by atoms with E-state index in [1.807, 2.05) is 13.0 Å². The van der Waals surface area contributed by atoms with Gasteiger partial charge in [-0.05, 0) is 49.7 Å². The number of nitrogens with one attached hydrogen (secondary N) is 2. The molecule has 0 radical (unpaired) electrons. The predicted octanol–water partition coefficient (Wildman–Crippen LogP) is 1.49. The number of benzene rings is 1. The largest absolute Gasteiger partial charge is 0.496 e. The molecule has 8 heteroatoms. The topological polar surface area (TPSA) is 93.2 Å². The van der Waals surface area contributed by atoms with E-state index in [4.69, 9.17) is 4.74 Å². The third-order valence-electron chi connectivity index (χ3n) is 3.20. The Morgan fingerprint density at radius 3 is 2.48 bits per heavy atom. The molecular formula is C15H20N4O3S. The summed E-state index contributed by atoms with van der Waals surface area (Å²) < 4.78 is 32.1. The first-order valence-corrected chi connectivity index (χ1v) is 8.59. The van der Waals surface area contributed by atoms with Crippen molar-refractivity contribution >= 4 is 15.8 Å². The summed E-state index contributed by atoms with van der Waals surface area (Å²) in [5, 5.41) is 10.9. The van der Waals surface area contributed by atoms with Crippen molar-refractivity contribution in [3.05, 3.63) is 41.6 Å². The van der Waals surface area contributed by atoms with Gasteiger partial charge in [0, 0.05) is 13.1 Å².